The van der Waals surface area contributed by atoms with Gasteiger partial charge in [-0.1, -0.05) is 48.0 Å². The van der Waals surface area contributed by atoms with Crippen LogP contribution in [-0.4, -0.2) is 17.7 Å². The van der Waals surface area contributed by atoms with Crippen molar-refractivity contribution in [3.8, 4) is 0 Å². The summed E-state index contributed by atoms with van der Waals surface area (Å²) in [7, 11) is -0.388. The van der Waals surface area contributed by atoms with Gasteiger partial charge in [0.15, 0.2) is 0 Å². The minimum atomic E-state index is -0.816. The van der Waals surface area contributed by atoms with Crippen LogP contribution in [0.3, 0.4) is 0 Å². The van der Waals surface area contributed by atoms with Gasteiger partial charge in [0.2, 0.25) is 0 Å². The molecule has 2 heteroatoms. The standard InChI is InChI=1S/C14H28FP/c1-4-13-11-9-7-8-10-12-16(6-3)14(13,15)5-2/h13H,4-12H2,1-3H3. The summed E-state index contributed by atoms with van der Waals surface area (Å²) in [5.74, 6) is 0.335. The van der Waals surface area contributed by atoms with Crippen molar-refractivity contribution in [1.29, 1.82) is 0 Å². The molecule has 0 aromatic carbocycles. The fraction of sp³-hybridized carbons (Fsp3) is 1.00. The quantitative estimate of drug-likeness (QED) is 0.572. The summed E-state index contributed by atoms with van der Waals surface area (Å²) in [6.07, 6.45) is 10.3. The molecule has 0 aromatic heterocycles. The van der Waals surface area contributed by atoms with Crippen LogP contribution in [0.2, 0.25) is 0 Å². The summed E-state index contributed by atoms with van der Waals surface area (Å²) in [6.45, 7) is 6.43. The monoisotopic (exact) mass is 246 g/mol. The molecular weight excluding hydrogens is 218 g/mol. The smallest absolute Gasteiger partial charge is 0.132 e. The Bertz CT molecular complexity index is 177. The van der Waals surface area contributed by atoms with Crippen LogP contribution in [0.1, 0.15) is 65.7 Å². The largest absolute Gasteiger partial charge is 0.239 e. The van der Waals surface area contributed by atoms with Crippen LogP contribution in [0.4, 0.5) is 4.39 Å². The molecule has 0 saturated carbocycles. The van der Waals surface area contributed by atoms with Crippen molar-refractivity contribution in [2.45, 2.75) is 71.1 Å². The van der Waals surface area contributed by atoms with Crippen molar-refractivity contribution < 1.29 is 4.39 Å². The summed E-state index contributed by atoms with van der Waals surface area (Å²) < 4.78 is 15.3. The molecule has 1 heterocycles. The third kappa shape index (κ3) is 3.19. The molecule has 1 rings (SSSR count). The number of rotatable bonds is 3. The van der Waals surface area contributed by atoms with Gasteiger partial charge in [-0.15, -0.1) is 0 Å². The third-order valence-electron chi connectivity index (χ3n) is 4.25. The third-order valence-corrected chi connectivity index (χ3v) is 7.60. The average Bonchev–Trinajstić information content (AvgIpc) is 2.38. The molecule has 0 radical (unpaired) electrons. The van der Waals surface area contributed by atoms with Gasteiger partial charge >= 0.3 is 0 Å². The lowest BCUT2D eigenvalue weighted by molar-refractivity contribution is 0.158. The van der Waals surface area contributed by atoms with E-state index in [2.05, 4.69) is 20.8 Å². The predicted molar refractivity (Wildman–Crippen MR) is 73.3 cm³/mol. The van der Waals surface area contributed by atoms with Crippen LogP contribution < -0.4 is 0 Å². The lowest BCUT2D eigenvalue weighted by Crippen LogP contribution is -2.31. The topological polar surface area (TPSA) is 0 Å². The van der Waals surface area contributed by atoms with Crippen LogP contribution in [0.5, 0.6) is 0 Å². The summed E-state index contributed by atoms with van der Waals surface area (Å²) in [6, 6.07) is 0. The van der Waals surface area contributed by atoms with Crippen LogP contribution in [0, 0.1) is 5.92 Å². The van der Waals surface area contributed by atoms with Crippen molar-refractivity contribution in [3.63, 3.8) is 0 Å². The van der Waals surface area contributed by atoms with Gasteiger partial charge in [0, 0.05) is 0 Å². The first kappa shape index (κ1) is 14.4. The second kappa shape index (κ2) is 6.94. The lowest BCUT2D eigenvalue weighted by atomic mass is 9.92. The molecule has 1 aliphatic rings. The Hall–Kier alpha value is 0.360. The Morgan fingerprint density at radius 1 is 1.12 bits per heavy atom. The van der Waals surface area contributed by atoms with E-state index in [9.17, 15) is 0 Å². The molecule has 0 bridgehead atoms. The summed E-state index contributed by atoms with van der Waals surface area (Å²) >= 11 is 0. The maximum absolute atomic E-state index is 15.3. The Morgan fingerprint density at radius 3 is 2.38 bits per heavy atom. The minimum absolute atomic E-state index is 0.335. The van der Waals surface area contributed by atoms with E-state index in [1.54, 1.807) is 0 Å². The van der Waals surface area contributed by atoms with Crippen LogP contribution in [-0.2, 0) is 0 Å². The molecule has 1 saturated heterocycles. The Balaban J connectivity index is 2.84. The molecule has 0 spiro atoms. The number of halogens is 1. The molecule has 0 aromatic rings. The maximum atomic E-state index is 15.3. The van der Waals surface area contributed by atoms with E-state index < -0.39 is 5.41 Å². The minimum Gasteiger partial charge on any atom is -0.239 e. The highest BCUT2D eigenvalue weighted by atomic mass is 31.1. The van der Waals surface area contributed by atoms with Gasteiger partial charge in [-0.3, -0.25) is 0 Å². The average molecular weight is 246 g/mol. The second-order valence-corrected chi connectivity index (χ2v) is 7.96. The first-order valence-corrected chi connectivity index (χ1v) is 8.84. The van der Waals surface area contributed by atoms with Gasteiger partial charge in [-0.25, -0.2) is 4.39 Å². The van der Waals surface area contributed by atoms with Crippen molar-refractivity contribution in [2.75, 3.05) is 12.3 Å². The second-order valence-electron chi connectivity index (χ2n) is 5.06. The molecule has 1 fully saturated rings. The van der Waals surface area contributed by atoms with Gasteiger partial charge in [0.25, 0.3) is 0 Å². The zero-order chi connectivity index (χ0) is 12.0. The van der Waals surface area contributed by atoms with E-state index in [0.29, 0.717) is 5.92 Å². The molecular formula is C14H28FP. The fourth-order valence-corrected chi connectivity index (χ4v) is 6.26. The van der Waals surface area contributed by atoms with Crippen molar-refractivity contribution in [3.05, 3.63) is 0 Å². The molecule has 0 amide bonds. The Morgan fingerprint density at radius 2 is 1.81 bits per heavy atom. The van der Waals surface area contributed by atoms with E-state index in [4.69, 9.17) is 0 Å². The van der Waals surface area contributed by atoms with Crippen molar-refractivity contribution in [2.24, 2.45) is 5.92 Å². The maximum Gasteiger partial charge on any atom is 0.132 e. The molecule has 0 nitrogen and oxygen atoms in total. The van der Waals surface area contributed by atoms with E-state index in [1.165, 1.54) is 31.8 Å². The predicted octanol–water partition coefficient (Wildman–Crippen LogP) is 5.55. The van der Waals surface area contributed by atoms with E-state index in [-0.39, 0.29) is 7.92 Å². The molecule has 96 valence electrons. The zero-order valence-electron chi connectivity index (χ0n) is 11.3. The van der Waals surface area contributed by atoms with Crippen LogP contribution in [0.25, 0.3) is 0 Å². The molecule has 1 aliphatic heterocycles. The highest BCUT2D eigenvalue weighted by molar-refractivity contribution is 7.59. The molecule has 0 N–H and O–H groups in total. The summed E-state index contributed by atoms with van der Waals surface area (Å²) in [5.41, 5.74) is 0. The Labute approximate surface area is 102 Å². The molecule has 3 atom stereocenters. The van der Waals surface area contributed by atoms with E-state index >= 15 is 4.39 Å². The summed E-state index contributed by atoms with van der Waals surface area (Å²) in [5, 5.41) is -0.816. The van der Waals surface area contributed by atoms with Crippen LogP contribution >= 0.6 is 7.92 Å². The number of alkyl halides is 1. The molecule has 16 heavy (non-hydrogen) atoms. The highest BCUT2D eigenvalue weighted by Crippen LogP contribution is 2.59. The van der Waals surface area contributed by atoms with Crippen LogP contribution in [0.15, 0.2) is 0 Å². The lowest BCUT2D eigenvalue weighted by Gasteiger charge is -2.39. The van der Waals surface area contributed by atoms with Gasteiger partial charge in [0.1, 0.15) is 5.41 Å². The normalized spacial score (nSPS) is 37.5. The van der Waals surface area contributed by atoms with Gasteiger partial charge in [-0.05, 0) is 43.9 Å². The Kier molecular flexibility index (Phi) is 6.26. The molecule has 0 aliphatic carbocycles. The summed E-state index contributed by atoms with van der Waals surface area (Å²) in [4.78, 5) is 0. The van der Waals surface area contributed by atoms with E-state index in [0.717, 1.165) is 25.4 Å². The first-order chi connectivity index (χ1) is 7.69. The highest BCUT2D eigenvalue weighted by Gasteiger charge is 2.42. The number of hydrogen-bond acceptors (Lipinski definition) is 0. The zero-order valence-corrected chi connectivity index (χ0v) is 12.2. The van der Waals surface area contributed by atoms with Gasteiger partial charge < -0.3 is 0 Å². The van der Waals surface area contributed by atoms with Gasteiger partial charge in [0.05, 0.1) is 0 Å². The first-order valence-electron chi connectivity index (χ1n) is 7.13. The SMILES string of the molecule is CCC1CCCCCCP(CC)C1(F)CC. The van der Waals surface area contributed by atoms with E-state index in [1.807, 2.05) is 0 Å². The van der Waals surface area contributed by atoms with Crippen molar-refractivity contribution in [1.82, 2.24) is 0 Å². The molecule has 3 unspecified atom stereocenters. The fourth-order valence-electron chi connectivity index (χ4n) is 3.16. The number of hydrogen-bond donors (Lipinski definition) is 0. The van der Waals surface area contributed by atoms with Gasteiger partial charge in [-0.2, -0.15) is 0 Å². The van der Waals surface area contributed by atoms with Crippen molar-refractivity contribution >= 4 is 7.92 Å².